The zero-order valence-corrected chi connectivity index (χ0v) is 11.1. The topological polar surface area (TPSA) is 117 Å². The van der Waals surface area contributed by atoms with E-state index in [-0.39, 0.29) is 17.7 Å². The quantitative estimate of drug-likeness (QED) is 0.653. The number of benzene rings is 1. The Bertz CT molecular complexity index is 610. The van der Waals surface area contributed by atoms with Gasteiger partial charge in [0.1, 0.15) is 11.6 Å². The Kier molecular flexibility index (Phi) is 4.35. The van der Waals surface area contributed by atoms with Crippen molar-refractivity contribution in [3.63, 3.8) is 0 Å². The molecule has 8 heteroatoms. The highest BCUT2D eigenvalue weighted by atomic mass is 16.6. The number of aliphatic carboxylic acids is 1. The average molecular weight is 291 g/mol. The minimum absolute atomic E-state index is 0.0150. The van der Waals surface area contributed by atoms with E-state index in [0.717, 1.165) is 0 Å². The predicted octanol–water partition coefficient (Wildman–Crippen LogP) is 1.15. The van der Waals surface area contributed by atoms with Gasteiger partial charge in [-0.3, -0.25) is 14.9 Å². The van der Waals surface area contributed by atoms with E-state index < -0.39 is 17.0 Å². The minimum atomic E-state index is -0.941. The van der Waals surface area contributed by atoms with Gasteiger partial charge in [0.25, 0.3) is 5.69 Å². The highest BCUT2D eigenvalue weighted by molar-refractivity contribution is 5.67. The number of hydrogen-bond acceptors (Lipinski definition) is 6. The van der Waals surface area contributed by atoms with Crippen LogP contribution in [0.1, 0.15) is 12.0 Å². The van der Waals surface area contributed by atoms with Gasteiger partial charge in [-0.05, 0) is 12.1 Å². The Morgan fingerprint density at radius 2 is 2.38 bits per heavy atom. The summed E-state index contributed by atoms with van der Waals surface area (Å²) in [5, 5.41) is 28.6. The molecular formula is C13H13N3O5. The van der Waals surface area contributed by atoms with E-state index in [9.17, 15) is 14.9 Å². The van der Waals surface area contributed by atoms with Crippen LogP contribution in [-0.4, -0.2) is 41.8 Å². The van der Waals surface area contributed by atoms with Crippen LogP contribution in [0, 0.1) is 21.4 Å². The van der Waals surface area contributed by atoms with E-state index >= 15 is 0 Å². The Balaban J connectivity index is 2.20. The Hall–Kier alpha value is -2.66. The molecule has 1 N–H and O–H groups in total. The van der Waals surface area contributed by atoms with Crippen molar-refractivity contribution in [3.8, 4) is 6.07 Å². The molecule has 1 fully saturated rings. The zero-order chi connectivity index (χ0) is 15.4. The van der Waals surface area contributed by atoms with Crippen LogP contribution in [0.25, 0.3) is 0 Å². The van der Waals surface area contributed by atoms with Gasteiger partial charge in [0.15, 0.2) is 0 Å². The molecule has 0 bridgehead atoms. The summed E-state index contributed by atoms with van der Waals surface area (Å²) in [7, 11) is 0. The number of anilines is 1. The summed E-state index contributed by atoms with van der Waals surface area (Å²) >= 11 is 0. The van der Waals surface area contributed by atoms with Crippen molar-refractivity contribution >= 4 is 17.3 Å². The molecule has 0 aromatic heterocycles. The van der Waals surface area contributed by atoms with E-state index in [2.05, 4.69) is 0 Å². The summed E-state index contributed by atoms with van der Waals surface area (Å²) in [6.07, 6.45) is -0.536. The standard InChI is InChI=1S/C13H13N3O5/c14-7-9-5-10(1-2-12(9)16(19)20)15-3-4-21-11(8-15)6-13(17)18/h1-2,5,11H,3-4,6,8H2,(H,17,18). The summed E-state index contributed by atoms with van der Waals surface area (Å²) in [6, 6.07) is 6.10. The van der Waals surface area contributed by atoms with Crippen molar-refractivity contribution in [3.05, 3.63) is 33.9 Å². The second-order valence-electron chi connectivity index (χ2n) is 4.61. The van der Waals surface area contributed by atoms with Crippen LogP contribution in [0.4, 0.5) is 11.4 Å². The van der Waals surface area contributed by atoms with Crippen molar-refractivity contribution < 1.29 is 19.6 Å². The summed E-state index contributed by atoms with van der Waals surface area (Å²) < 4.78 is 5.36. The number of nitrogens with zero attached hydrogens (tertiary/aromatic N) is 3. The van der Waals surface area contributed by atoms with Gasteiger partial charge in [-0.25, -0.2) is 0 Å². The van der Waals surface area contributed by atoms with Crippen LogP contribution in [0.15, 0.2) is 18.2 Å². The lowest BCUT2D eigenvalue weighted by atomic mass is 10.1. The van der Waals surface area contributed by atoms with Crippen molar-refractivity contribution in [2.24, 2.45) is 0 Å². The number of nitro benzene ring substituents is 1. The highest BCUT2D eigenvalue weighted by Crippen LogP contribution is 2.26. The molecule has 0 radical (unpaired) electrons. The van der Waals surface area contributed by atoms with Gasteiger partial charge in [0, 0.05) is 24.8 Å². The number of hydrogen-bond donors (Lipinski definition) is 1. The van der Waals surface area contributed by atoms with Crippen molar-refractivity contribution in [2.45, 2.75) is 12.5 Å². The van der Waals surface area contributed by atoms with Gasteiger partial charge in [-0.2, -0.15) is 5.26 Å². The maximum Gasteiger partial charge on any atom is 0.306 e. The molecule has 110 valence electrons. The number of carboxylic acid groups (broad SMARTS) is 1. The average Bonchev–Trinajstić information content (AvgIpc) is 2.46. The molecule has 1 aromatic rings. The van der Waals surface area contributed by atoms with E-state index in [1.54, 1.807) is 12.1 Å². The van der Waals surface area contributed by atoms with Crippen molar-refractivity contribution in [1.82, 2.24) is 0 Å². The van der Waals surface area contributed by atoms with Gasteiger partial charge in [-0.1, -0.05) is 0 Å². The third-order valence-corrected chi connectivity index (χ3v) is 3.20. The summed E-state index contributed by atoms with van der Waals surface area (Å²) in [5.41, 5.74) is 0.395. The molecule has 1 unspecified atom stereocenters. The molecule has 8 nitrogen and oxygen atoms in total. The van der Waals surface area contributed by atoms with Crippen LogP contribution >= 0.6 is 0 Å². The molecule has 0 spiro atoms. The monoisotopic (exact) mass is 291 g/mol. The lowest BCUT2D eigenvalue weighted by Crippen LogP contribution is -2.43. The number of carbonyl (C=O) groups is 1. The first-order valence-electron chi connectivity index (χ1n) is 6.28. The summed E-state index contributed by atoms with van der Waals surface area (Å²) in [6.45, 7) is 1.28. The molecule has 1 saturated heterocycles. The van der Waals surface area contributed by atoms with Crippen LogP contribution in [0.5, 0.6) is 0 Å². The third kappa shape index (κ3) is 3.46. The molecule has 0 amide bonds. The molecule has 1 heterocycles. The van der Waals surface area contributed by atoms with Gasteiger partial charge in [0.2, 0.25) is 0 Å². The fraction of sp³-hybridized carbons (Fsp3) is 0.385. The first kappa shape index (κ1) is 14.7. The summed E-state index contributed by atoms with van der Waals surface area (Å²) in [4.78, 5) is 22.8. The first-order chi connectivity index (χ1) is 10.0. The number of ether oxygens (including phenoxy) is 1. The Labute approximate surface area is 120 Å². The molecule has 0 saturated carbocycles. The maximum atomic E-state index is 10.8. The predicted molar refractivity (Wildman–Crippen MR) is 72.0 cm³/mol. The first-order valence-corrected chi connectivity index (χ1v) is 6.28. The largest absolute Gasteiger partial charge is 0.481 e. The molecule has 1 aliphatic rings. The fourth-order valence-corrected chi connectivity index (χ4v) is 2.24. The van der Waals surface area contributed by atoms with Gasteiger partial charge in [-0.15, -0.1) is 0 Å². The van der Waals surface area contributed by atoms with Crippen LogP contribution in [0.2, 0.25) is 0 Å². The number of carboxylic acids is 1. The van der Waals surface area contributed by atoms with Crippen LogP contribution in [0.3, 0.4) is 0 Å². The highest BCUT2D eigenvalue weighted by Gasteiger charge is 2.24. The Morgan fingerprint density at radius 3 is 3.00 bits per heavy atom. The normalized spacial score (nSPS) is 18.0. The minimum Gasteiger partial charge on any atom is -0.481 e. The maximum absolute atomic E-state index is 10.8. The van der Waals surface area contributed by atoms with E-state index in [1.807, 2.05) is 4.90 Å². The molecule has 21 heavy (non-hydrogen) atoms. The lowest BCUT2D eigenvalue weighted by molar-refractivity contribution is -0.385. The van der Waals surface area contributed by atoms with Crippen LogP contribution < -0.4 is 4.90 Å². The lowest BCUT2D eigenvalue weighted by Gasteiger charge is -2.34. The number of rotatable bonds is 4. The molecule has 1 aromatic carbocycles. The van der Waals surface area contributed by atoms with Crippen molar-refractivity contribution in [1.29, 1.82) is 5.26 Å². The second-order valence-corrected chi connectivity index (χ2v) is 4.61. The van der Waals surface area contributed by atoms with Crippen LogP contribution in [-0.2, 0) is 9.53 Å². The zero-order valence-electron chi connectivity index (χ0n) is 11.1. The van der Waals surface area contributed by atoms with Gasteiger partial charge in [0.05, 0.1) is 24.1 Å². The molecule has 0 aliphatic carbocycles. The number of nitro groups is 1. The number of nitriles is 1. The Morgan fingerprint density at radius 1 is 1.62 bits per heavy atom. The summed E-state index contributed by atoms with van der Waals surface area (Å²) in [5.74, 6) is -0.941. The van der Waals surface area contributed by atoms with E-state index in [1.165, 1.54) is 12.1 Å². The van der Waals surface area contributed by atoms with Gasteiger partial charge < -0.3 is 14.7 Å². The van der Waals surface area contributed by atoms with Gasteiger partial charge >= 0.3 is 5.97 Å². The molecule has 1 atom stereocenters. The van der Waals surface area contributed by atoms with Crippen molar-refractivity contribution in [2.75, 3.05) is 24.6 Å². The molecule has 2 rings (SSSR count). The smallest absolute Gasteiger partial charge is 0.306 e. The van der Waals surface area contributed by atoms with E-state index in [0.29, 0.717) is 25.4 Å². The fourth-order valence-electron chi connectivity index (χ4n) is 2.24. The van der Waals surface area contributed by atoms with E-state index in [4.69, 9.17) is 15.1 Å². The third-order valence-electron chi connectivity index (χ3n) is 3.20. The molecular weight excluding hydrogens is 278 g/mol. The molecule has 1 aliphatic heterocycles. The number of morpholine rings is 1. The second kappa shape index (κ2) is 6.19. The SMILES string of the molecule is N#Cc1cc(N2CCOC(CC(=O)O)C2)ccc1[N+](=O)[O-].